The van der Waals surface area contributed by atoms with Gasteiger partial charge in [-0.25, -0.2) is 8.42 Å². The minimum Gasteiger partial charge on any atom is -0.374 e. The number of ether oxygens (including phenoxy) is 1. The number of nitro groups is 1. The van der Waals surface area contributed by atoms with E-state index in [9.17, 15) is 18.5 Å². The maximum absolute atomic E-state index is 11.6. The highest BCUT2D eigenvalue weighted by atomic mass is 32.2. The normalized spacial score (nSPS) is 20.9. The first-order valence-corrected chi connectivity index (χ1v) is 9.13. The molecule has 8 nitrogen and oxygen atoms in total. The minimum absolute atomic E-state index is 0.0731. The second kappa shape index (κ2) is 6.81. The first-order valence-electron chi connectivity index (χ1n) is 7.23. The molecule has 1 aromatic rings. The number of sulfone groups is 1. The number of likely N-dealkylation sites (N-methyl/N-ethyl adjacent to an activating group) is 1. The molecule has 0 aliphatic carbocycles. The largest absolute Gasteiger partial charge is 0.374 e. The monoisotopic (exact) mass is 343 g/mol. The Hall–Kier alpha value is -1.71. The van der Waals surface area contributed by atoms with Crippen LogP contribution >= 0.6 is 0 Å². The van der Waals surface area contributed by atoms with E-state index >= 15 is 0 Å². The number of nitro benzene ring substituents is 1. The molecule has 0 radical (unpaired) electrons. The summed E-state index contributed by atoms with van der Waals surface area (Å²) >= 11 is 0. The second-order valence-corrected chi connectivity index (χ2v) is 7.83. The van der Waals surface area contributed by atoms with Gasteiger partial charge in [-0.05, 0) is 26.1 Å². The summed E-state index contributed by atoms with van der Waals surface area (Å²) in [5, 5.41) is 14.3. The Balaban J connectivity index is 2.23. The molecule has 2 atom stereocenters. The van der Waals surface area contributed by atoms with Crippen LogP contribution in [0.25, 0.3) is 0 Å². The summed E-state index contributed by atoms with van der Waals surface area (Å²) in [7, 11) is -1.50. The van der Waals surface area contributed by atoms with Crippen molar-refractivity contribution in [2.24, 2.45) is 0 Å². The van der Waals surface area contributed by atoms with Crippen LogP contribution in [0.3, 0.4) is 0 Å². The maximum atomic E-state index is 11.6. The van der Waals surface area contributed by atoms with E-state index in [1.807, 2.05) is 14.0 Å². The van der Waals surface area contributed by atoms with Crippen LogP contribution in [0.2, 0.25) is 0 Å². The van der Waals surface area contributed by atoms with Gasteiger partial charge in [0.15, 0.2) is 9.84 Å². The van der Waals surface area contributed by atoms with Gasteiger partial charge in [-0.2, -0.15) is 0 Å². The van der Waals surface area contributed by atoms with Crippen LogP contribution in [0.4, 0.5) is 11.4 Å². The molecule has 2 unspecified atom stereocenters. The first-order chi connectivity index (χ1) is 10.7. The first kappa shape index (κ1) is 17.6. The average Bonchev–Trinajstić information content (AvgIpc) is 2.46. The predicted molar refractivity (Wildman–Crippen MR) is 86.5 cm³/mol. The predicted octanol–water partition coefficient (Wildman–Crippen LogP) is 1.13. The zero-order valence-corrected chi connectivity index (χ0v) is 14.2. The van der Waals surface area contributed by atoms with Gasteiger partial charge in [-0.1, -0.05) is 0 Å². The number of benzene rings is 1. The van der Waals surface area contributed by atoms with E-state index in [0.717, 1.165) is 25.4 Å². The van der Waals surface area contributed by atoms with Crippen molar-refractivity contribution in [3.8, 4) is 0 Å². The molecule has 0 aromatic heterocycles. The van der Waals surface area contributed by atoms with E-state index in [1.54, 1.807) is 0 Å². The van der Waals surface area contributed by atoms with Gasteiger partial charge >= 0.3 is 0 Å². The van der Waals surface area contributed by atoms with E-state index in [2.05, 4.69) is 10.2 Å². The molecule has 1 aliphatic heterocycles. The number of morpholine rings is 1. The Labute approximate surface area is 135 Å². The van der Waals surface area contributed by atoms with Crippen LogP contribution < -0.4 is 5.32 Å². The summed E-state index contributed by atoms with van der Waals surface area (Å²) in [6, 6.07) is 3.72. The lowest BCUT2D eigenvalue weighted by atomic mass is 10.1. The van der Waals surface area contributed by atoms with Crippen molar-refractivity contribution in [3.05, 3.63) is 28.3 Å². The number of hydrogen-bond acceptors (Lipinski definition) is 7. The highest BCUT2D eigenvalue weighted by Crippen LogP contribution is 2.28. The SMILES string of the molecule is CC(Nc1ccc(S(C)(=O)=O)cc1[N+](=O)[O-])C1CN(C)CCO1. The standard InChI is InChI=1S/C14H21N3O5S/c1-10(14-9-16(2)6-7-22-14)15-12-5-4-11(23(3,20)21)8-13(12)17(18)19/h4-5,8,10,14-15H,6-7,9H2,1-3H3. The molecule has 1 aliphatic rings. The molecule has 1 N–H and O–H groups in total. The molecule has 0 amide bonds. The summed E-state index contributed by atoms with van der Waals surface area (Å²) in [4.78, 5) is 12.7. The Morgan fingerprint density at radius 2 is 2.17 bits per heavy atom. The molecule has 1 saturated heterocycles. The van der Waals surface area contributed by atoms with Crippen molar-refractivity contribution >= 4 is 21.2 Å². The highest BCUT2D eigenvalue weighted by molar-refractivity contribution is 7.90. The van der Waals surface area contributed by atoms with Crippen molar-refractivity contribution in [1.29, 1.82) is 0 Å². The van der Waals surface area contributed by atoms with Gasteiger partial charge < -0.3 is 15.0 Å². The zero-order valence-electron chi connectivity index (χ0n) is 13.4. The van der Waals surface area contributed by atoms with Crippen LogP contribution in [0, 0.1) is 10.1 Å². The Morgan fingerprint density at radius 3 is 2.74 bits per heavy atom. The van der Waals surface area contributed by atoms with Gasteiger partial charge in [0.1, 0.15) is 5.69 Å². The van der Waals surface area contributed by atoms with Crippen LogP contribution in [-0.4, -0.2) is 63.4 Å². The summed E-state index contributed by atoms with van der Waals surface area (Å²) in [6.07, 6.45) is 0.927. The van der Waals surface area contributed by atoms with E-state index in [1.165, 1.54) is 12.1 Å². The highest BCUT2D eigenvalue weighted by Gasteiger charge is 2.26. The third kappa shape index (κ3) is 4.40. The van der Waals surface area contributed by atoms with Crippen molar-refractivity contribution in [3.63, 3.8) is 0 Å². The third-order valence-corrected chi connectivity index (χ3v) is 4.94. The zero-order chi connectivity index (χ0) is 17.2. The summed E-state index contributed by atoms with van der Waals surface area (Å²) < 4.78 is 28.8. The second-order valence-electron chi connectivity index (χ2n) is 5.81. The summed E-state index contributed by atoms with van der Waals surface area (Å²) in [5.74, 6) is 0. The van der Waals surface area contributed by atoms with Gasteiger partial charge in [-0.15, -0.1) is 0 Å². The lowest BCUT2D eigenvalue weighted by Crippen LogP contribution is -2.47. The lowest BCUT2D eigenvalue weighted by molar-refractivity contribution is -0.384. The van der Waals surface area contributed by atoms with Crippen LogP contribution in [0.5, 0.6) is 0 Å². The quantitative estimate of drug-likeness (QED) is 0.631. The molecule has 0 spiro atoms. The number of nitrogens with one attached hydrogen (secondary N) is 1. The van der Waals surface area contributed by atoms with Gasteiger partial charge in [0.2, 0.25) is 0 Å². The van der Waals surface area contributed by atoms with Gasteiger partial charge in [0.25, 0.3) is 5.69 Å². The van der Waals surface area contributed by atoms with E-state index in [4.69, 9.17) is 4.74 Å². The topological polar surface area (TPSA) is 102 Å². The molecule has 1 heterocycles. The molecule has 9 heteroatoms. The third-order valence-electron chi connectivity index (χ3n) is 3.83. The Kier molecular flexibility index (Phi) is 5.23. The fraction of sp³-hybridized carbons (Fsp3) is 0.571. The maximum Gasteiger partial charge on any atom is 0.293 e. The molecular formula is C14H21N3O5S. The molecule has 1 fully saturated rings. The van der Waals surface area contributed by atoms with Gasteiger partial charge in [-0.3, -0.25) is 10.1 Å². The van der Waals surface area contributed by atoms with E-state index < -0.39 is 14.8 Å². The number of hydrogen-bond donors (Lipinski definition) is 1. The van der Waals surface area contributed by atoms with E-state index in [0.29, 0.717) is 6.61 Å². The summed E-state index contributed by atoms with van der Waals surface area (Å²) in [6.45, 7) is 4.08. The van der Waals surface area contributed by atoms with Crippen molar-refractivity contribution < 1.29 is 18.1 Å². The number of anilines is 1. The summed E-state index contributed by atoms with van der Waals surface area (Å²) in [5.41, 5.74) is 0.0238. The van der Waals surface area contributed by atoms with Crippen molar-refractivity contribution in [1.82, 2.24) is 4.90 Å². The molecule has 128 valence electrons. The van der Waals surface area contributed by atoms with Crippen LogP contribution in [0.1, 0.15) is 6.92 Å². The average molecular weight is 343 g/mol. The minimum atomic E-state index is -3.50. The Morgan fingerprint density at radius 1 is 1.48 bits per heavy atom. The number of nitrogens with zero attached hydrogens (tertiary/aromatic N) is 2. The Bertz CT molecular complexity index is 692. The van der Waals surface area contributed by atoms with Crippen LogP contribution in [0.15, 0.2) is 23.1 Å². The fourth-order valence-electron chi connectivity index (χ4n) is 2.47. The smallest absolute Gasteiger partial charge is 0.293 e. The molecule has 1 aromatic carbocycles. The lowest BCUT2D eigenvalue weighted by Gasteiger charge is -2.34. The molecular weight excluding hydrogens is 322 g/mol. The van der Waals surface area contributed by atoms with Gasteiger partial charge in [0.05, 0.1) is 28.6 Å². The van der Waals surface area contributed by atoms with Crippen LogP contribution in [-0.2, 0) is 14.6 Å². The molecule has 23 heavy (non-hydrogen) atoms. The molecule has 2 rings (SSSR count). The van der Waals surface area contributed by atoms with Crippen molar-refractivity contribution in [2.75, 3.05) is 38.3 Å². The number of rotatable bonds is 5. The van der Waals surface area contributed by atoms with E-state index in [-0.39, 0.29) is 28.4 Å². The van der Waals surface area contributed by atoms with Gasteiger partial charge in [0, 0.05) is 25.4 Å². The fourth-order valence-corrected chi connectivity index (χ4v) is 3.11. The molecule has 0 saturated carbocycles. The van der Waals surface area contributed by atoms with Crippen molar-refractivity contribution in [2.45, 2.75) is 24.0 Å². The molecule has 0 bridgehead atoms.